The molecule has 1 N–H and O–H groups in total. The van der Waals surface area contributed by atoms with Crippen molar-refractivity contribution in [1.82, 2.24) is 9.97 Å². The molecule has 134 valence electrons. The van der Waals surface area contributed by atoms with E-state index in [0.717, 1.165) is 0 Å². The van der Waals surface area contributed by atoms with Gasteiger partial charge in [0.05, 0.1) is 28.1 Å². The summed E-state index contributed by atoms with van der Waals surface area (Å²) in [4.78, 5) is 42.9. The number of hydrogen-bond acceptors (Lipinski definition) is 6. The van der Waals surface area contributed by atoms with Crippen LogP contribution >= 0.6 is 0 Å². The quantitative estimate of drug-likeness (QED) is 0.663. The van der Waals surface area contributed by atoms with Gasteiger partial charge in [-0.15, -0.1) is 0 Å². The zero-order valence-corrected chi connectivity index (χ0v) is 15.2. The Morgan fingerprint density at radius 2 is 1.40 bits per heavy atom. The van der Waals surface area contributed by atoms with Crippen LogP contribution < -0.4 is 15.0 Å². The van der Waals surface area contributed by atoms with E-state index in [1.54, 1.807) is 41.5 Å². The maximum atomic E-state index is 12.2. The van der Waals surface area contributed by atoms with Crippen molar-refractivity contribution in [3.05, 3.63) is 28.8 Å². The number of ether oxygens (including phenoxy) is 2. The lowest BCUT2D eigenvalue weighted by atomic mass is 9.97. The molecular formula is C18H22N2O5. The minimum atomic E-state index is -0.762. The Hall–Kier alpha value is -2.70. The van der Waals surface area contributed by atoms with E-state index in [-0.39, 0.29) is 22.4 Å². The third kappa shape index (κ3) is 4.23. The van der Waals surface area contributed by atoms with Gasteiger partial charge in [-0.3, -0.25) is 14.4 Å². The van der Waals surface area contributed by atoms with E-state index < -0.39 is 22.8 Å². The van der Waals surface area contributed by atoms with Gasteiger partial charge in [-0.05, 0) is 47.6 Å². The number of rotatable bonds is 2. The van der Waals surface area contributed by atoms with Gasteiger partial charge in [0.25, 0.3) is 5.56 Å². The minimum Gasteiger partial charge on any atom is -0.422 e. The Morgan fingerprint density at radius 3 is 1.88 bits per heavy atom. The molecular weight excluding hydrogens is 324 g/mol. The molecule has 0 fully saturated rings. The molecule has 0 aliphatic rings. The highest BCUT2D eigenvalue weighted by atomic mass is 16.6. The van der Waals surface area contributed by atoms with Gasteiger partial charge in [0, 0.05) is 6.07 Å². The van der Waals surface area contributed by atoms with Crippen molar-refractivity contribution in [3.63, 3.8) is 0 Å². The van der Waals surface area contributed by atoms with Gasteiger partial charge < -0.3 is 14.5 Å². The molecule has 2 aromatic rings. The third-order valence-electron chi connectivity index (χ3n) is 3.34. The lowest BCUT2D eigenvalue weighted by Crippen LogP contribution is -2.28. The maximum absolute atomic E-state index is 12.2. The number of carbonyl (C=O) groups excluding carboxylic acids is 2. The molecule has 0 saturated heterocycles. The topological polar surface area (TPSA) is 98.3 Å². The van der Waals surface area contributed by atoms with Crippen molar-refractivity contribution in [2.24, 2.45) is 10.8 Å². The van der Waals surface area contributed by atoms with Gasteiger partial charge in [-0.2, -0.15) is 0 Å². The first-order chi connectivity index (χ1) is 11.4. The Balaban J connectivity index is 2.56. The number of hydrogen-bond donors (Lipinski definition) is 1. The van der Waals surface area contributed by atoms with Gasteiger partial charge in [0.1, 0.15) is 0 Å². The van der Waals surface area contributed by atoms with Crippen LogP contribution in [0.4, 0.5) is 0 Å². The first-order valence-electron chi connectivity index (χ1n) is 7.85. The summed E-state index contributed by atoms with van der Waals surface area (Å²) in [5.41, 5.74) is -1.56. The fourth-order valence-electron chi connectivity index (χ4n) is 1.74. The Bertz CT molecular complexity index is 885. The molecule has 0 bridgehead atoms. The number of H-pyrrole nitrogens is 1. The van der Waals surface area contributed by atoms with E-state index >= 15 is 0 Å². The molecule has 0 saturated carbocycles. The summed E-state index contributed by atoms with van der Waals surface area (Å²) in [5, 5.41) is 0.231. The molecule has 25 heavy (non-hydrogen) atoms. The molecule has 0 atom stereocenters. The van der Waals surface area contributed by atoms with Gasteiger partial charge in [0.15, 0.2) is 11.5 Å². The maximum Gasteiger partial charge on any atom is 0.316 e. The van der Waals surface area contributed by atoms with E-state index in [1.165, 1.54) is 18.5 Å². The fourth-order valence-corrected chi connectivity index (χ4v) is 1.74. The highest BCUT2D eigenvalue weighted by Crippen LogP contribution is 2.34. The van der Waals surface area contributed by atoms with E-state index in [0.29, 0.717) is 5.52 Å². The van der Waals surface area contributed by atoms with Crippen LogP contribution in [0.1, 0.15) is 41.5 Å². The van der Waals surface area contributed by atoms with E-state index in [2.05, 4.69) is 9.97 Å². The molecule has 0 radical (unpaired) electrons. The lowest BCUT2D eigenvalue weighted by Gasteiger charge is -2.20. The summed E-state index contributed by atoms with van der Waals surface area (Å²) in [6, 6.07) is 2.77. The normalized spacial score (nSPS) is 12.1. The van der Waals surface area contributed by atoms with Crippen molar-refractivity contribution in [2.75, 3.05) is 0 Å². The molecule has 0 unspecified atom stereocenters. The number of nitrogens with one attached hydrogen (secondary N) is 1. The number of benzene rings is 1. The first kappa shape index (κ1) is 18.6. The summed E-state index contributed by atoms with van der Waals surface area (Å²) in [7, 11) is 0. The average molecular weight is 346 g/mol. The summed E-state index contributed by atoms with van der Waals surface area (Å²) < 4.78 is 10.8. The predicted octanol–water partition coefficient (Wildman–Crippen LogP) is 2.83. The second-order valence-electron chi connectivity index (χ2n) is 7.83. The molecule has 7 nitrogen and oxygen atoms in total. The lowest BCUT2D eigenvalue weighted by molar-refractivity contribution is -0.145. The Kier molecular flexibility index (Phi) is 4.70. The SMILES string of the molecule is CC(C)(C)C(=O)Oc1cc2nc[nH]c(=O)c2cc1OC(=O)C(C)(C)C. The van der Waals surface area contributed by atoms with Crippen molar-refractivity contribution < 1.29 is 19.1 Å². The van der Waals surface area contributed by atoms with Gasteiger partial charge in [-0.25, -0.2) is 4.98 Å². The molecule has 1 heterocycles. The van der Waals surface area contributed by atoms with Crippen LogP contribution in [0.2, 0.25) is 0 Å². The zero-order chi connectivity index (χ0) is 19.0. The number of nitrogens with zero attached hydrogens (tertiary/aromatic N) is 1. The second kappa shape index (κ2) is 6.31. The highest BCUT2D eigenvalue weighted by molar-refractivity contribution is 5.87. The summed E-state index contributed by atoms with van der Waals surface area (Å²) >= 11 is 0. The standard InChI is InChI=1S/C18H22N2O5/c1-17(2,3)15(22)24-12-7-10-11(19-9-20-14(10)21)8-13(12)25-16(23)18(4,5)6/h7-9H,1-6H3,(H,19,20,21). The van der Waals surface area contributed by atoms with Crippen molar-refractivity contribution in [3.8, 4) is 11.5 Å². The smallest absolute Gasteiger partial charge is 0.316 e. The van der Waals surface area contributed by atoms with Crippen molar-refractivity contribution in [1.29, 1.82) is 0 Å². The van der Waals surface area contributed by atoms with Crippen LogP contribution in [0.5, 0.6) is 11.5 Å². The largest absolute Gasteiger partial charge is 0.422 e. The van der Waals surface area contributed by atoms with Gasteiger partial charge in [0.2, 0.25) is 0 Å². The third-order valence-corrected chi connectivity index (χ3v) is 3.34. The number of aromatic nitrogens is 2. The molecule has 1 aromatic heterocycles. The zero-order valence-electron chi connectivity index (χ0n) is 15.2. The summed E-state index contributed by atoms with van der Waals surface area (Å²) in [6.45, 7) is 10.2. The van der Waals surface area contributed by atoms with Crippen LogP contribution in [0.25, 0.3) is 10.9 Å². The molecule has 0 aliphatic heterocycles. The second-order valence-corrected chi connectivity index (χ2v) is 7.83. The monoisotopic (exact) mass is 346 g/mol. The van der Waals surface area contributed by atoms with Crippen molar-refractivity contribution in [2.45, 2.75) is 41.5 Å². The van der Waals surface area contributed by atoms with Crippen LogP contribution in [-0.4, -0.2) is 21.9 Å². The number of esters is 2. The molecule has 0 aliphatic carbocycles. The first-order valence-corrected chi connectivity index (χ1v) is 7.85. The van der Waals surface area contributed by atoms with Crippen LogP contribution in [0.15, 0.2) is 23.3 Å². The number of aromatic amines is 1. The number of carbonyl (C=O) groups is 2. The minimum absolute atomic E-state index is 0.00326. The molecule has 0 spiro atoms. The molecule has 1 aromatic carbocycles. The Morgan fingerprint density at radius 1 is 0.920 bits per heavy atom. The van der Waals surface area contributed by atoms with Crippen LogP contribution in [0.3, 0.4) is 0 Å². The van der Waals surface area contributed by atoms with E-state index in [9.17, 15) is 14.4 Å². The van der Waals surface area contributed by atoms with Crippen LogP contribution in [-0.2, 0) is 9.59 Å². The van der Waals surface area contributed by atoms with Gasteiger partial charge in [-0.1, -0.05) is 0 Å². The Labute approximate surface area is 145 Å². The molecule has 2 rings (SSSR count). The predicted molar refractivity (Wildman–Crippen MR) is 92.5 cm³/mol. The molecule has 0 amide bonds. The van der Waals surface area contributed by atoms with E-state index in [1.807, 2.05) is 0 Å². The fraction of sp³-hybridized carbons (Fsp3) is 0.444. The summed E-state index contributed by atoms with van der Waals surface area (Å²) in [5.74, 6) is -0.961. The molecule has 7 heteroatoms. The van der Waals surface area contributed by atoms with Gasteiger partial charge >= 0.3 is 11.9 Å². The average Bonchev–Trinajstić information content (AvgIpc) is 2.46. The number of fused-ring (bicyclic) bond motifs is 1. The van der Waals surface area contributed by atoms with E-state index in [4.69, 9.17) is 9.47 Å². The van der Waals surface area contributed by atoms with Crippen molar-refractivity contribution >= 4 is 22.8 Å². The van der Waals surface area contributed by atoms with Crippen LogP contribution in [0, 0.1) is 10.8 Å². The highest BCUT2D eigenvalue weighted by Gasteiger charge is 2.28. The summed E-state index contributed by atoms with van der Waals surface area (Å²) in [6.07, 6.45) is 1.25.